The van der Waals surface area contributed by atoms with Crippen LogP contribution >= 0.6 is 0 Å². The summed E-state index contributed by atoms with van der Waals surface area (Å²) in [5, 5.41) is 3.21. The molecule has 0 saturated carbocycles. The summed E-state index contributed by atoms with van der Waals surface area (Å²) in [5.74, 6) is -2.05. The van der Waals surface area contributed by atoms with E-state index < -0.39 is 29.4 Å². The first-order valence-corrected chi connectivity index (χ1v) is 7.69. The number of furan rings is 1. The van der Waals surface area contributed by atoms with Crippen LogP contribution in [0.1, 0.15) is 31.6 Å². The van der Waals surface area contributed by atoms with Crippen LogP contribution < -0.4 is 5.32 Å². The number of ether oxygens (including phenoxy) is 1. The van der Waals surface area contributed by atoms with Crippen LogP contribution in [0.5, 0.6) is 0 Å². The quantitative estimate of drug-likeness (QED) is 0.654. The van der Waals surface area contributed by atoms with E-state index in [1.165, 1.54) is 20.4 Å². The summed E-state index contributed by atoms with van der Waals surface area (Å²) in [5.41, 5.74) is -1.21. The molecule has 0 aromatic carbocycles. The Hall–Kier alpha value is -2.15. The second-order valence-electron chi connectivity index (χ2n) is 6.09. The first-order valence-electron chi connectivity index (χ1n) is 7.69. The minimum atomic E-state index is -1.21. The maximum atomic E-state index is 12.6. The van der Waals surface area contributed by atoms with Crippen molar-refractivity contribution in [1.82, 2.24) is 10.2 Å². The number of nitrogens with zero attached hydrogens (tertiary/aromatic N) is 1. The molecule has 2 saturated heterocycles. The van der Waals surface area contributed by atoms with Crippen molar-refractivity contribution >= 4 is 17.8 Å². The molecule has 3 rings (SSSR count). The van der Waals surface area contributed by atoms with Gasteiger partial charge in [0.15, 0.2) is 0 Å². The van der Waals surface area contributed by atoms with Crippen molar-refractivity contribution in [3.63, 3.8) is 0 Å². The van der Waals surface area contributed by atoms with Crippen LogP contribution in [0, 0.1) is 11.8 Å². The van der Waals surface area contributed by atoms with Crippen LogP contribution in [0.15, 0.2) is 22.8 Å². The predicted molar refractivity (Wildman–Crippen MR) is 79.0 cm³/mol. The van der Waals surface area contributed by atoms with E-state index in [1.807, 2.05) is 6.92 Å². The third kappa shape index (κ3) is 2.03. The second kappa shape index (κ2) is 5.49. The summed E-state index contributed by atoms with van der Waals surface area (Å²) >= 11 is 0. The zero-order valence-electron chi connectivity index (χ0n) is 13.4. The fourth-order valence-corrected chi connectivity index (χ4v) is 3.95. The molecule has 0 spiro atoms. The van der Waals surface area contributed by atoms with Gasteiger partial charge in [-0.05, 0) is 18.6 Å². The SMILES string of the molecule is CCC[C@]1(C(=O)OC)N[C@H](c2ccco2)[C@H]2C(=O)N(C)C(=O)[C@@H]21. The number of rotatable bonds is 4. The monoisotopic (exact) mass is 320 g/mol. The summed E-state index contributed by atoms with van der Waals surface area (Å²) in [6, 6.07) is 2.93. The number of carbonyl (C=O) groups excluding carboxylic acids is 3. The third-order valence-corrected chi connectivity index (χ3v) is 4.92. The molecule has 0 radical (unpaired) electrons. The Labute approximate surface area is 134 Å². The standard InChI is InChI=1S/C16H20N2O5/c1-4-7-16(15(21)22-3)11-10(13(19)18(2)14(11)20)12(17-16)9-6-5-8-23-9/h5-6,8,10-12,17H,4,7H2,1-3H3/t10-,11+,12+,16-/m0/s1. The van der Waals surface area contributed by atoms with Crippen LogP contribution in [0.4, 0.5) is 0 Å². The molecule has 3 heterocycles. The van der Waals surface area contributed by atoms with E-state index in [-0.39, 0.29) is 11.8 Å². The highest BCUT2D eigenvalue weighted by Crippen LogP contribution is 2.50. The predicted octanol–water partition coefficient (Wildman–Crippen LogP) is 0.867. The maximum Gasteiger partial charge on any atom is 0.326 e. The highest BCUT2D eigenvalue weighted by Gasteiger charge is 2.68. The zero-order valence-corrected chi connectivity index (χ0v) is 13.4. The molecule has 2 aliphatic rings. The van der Waals surface area contributed by atoms with Gasteiger partial charge in [-0.3, -0.25) is 24.6 Å². The molecule has 0 bridgehead atoms. The summed E-state index contributed by atoms with van der Waals surface area (Å²) < 4.78 is 10.4. The average molecular weight is 320 g/mol. The fourth-order valence-electron chi connectivity index (χ4n) is 3.95. The zero-order chi connectivity index (χ0) is 16.8. The van der Waals surface area contributed by atoms with Crippen molar-refractivity contribution in [3.8, 4) is 0 Å². The Bertz CT molecular complexity index is 641. The molecule has 124 valence electrons. The lowest BCUT2D eigenvalue weighted by Gasteiger charge is -2.31. The molecule has 1 aromatic rings. The van der Waals surface area contributed by atoms with Crippen LogP contribution in [0.25, 0.3) is 0 Å². The van der Waals surface area contributed by atoms with Gasteiger partial charge in [-0.2, -0.15) is 0 Å². The van der Waals surface area contributed by atoms with Crippen molar-refractivity contribution in [2.45, 2.75) is 31.3 Å². The number of fused-ring (bicyclic) bond motifs is 1. The van der Waals surface area contributed by atoms with E-state index in [1.54, 1.807) is 12.1 Å². The molecular weight excluding hydrogens is 300 g/mol. The van der Waals surface area contributed by atoms with Gasteiger partial charge in [0.1, 0.15) is 11.3 Å². The summed E-state index contributed by atoms with van der Waals surface area (Å²) in [7, 11) is 2.75. The van der Waals surface area contributed by atoms with Crippen LogP contribution in [0.3, 0.4) is 0 Å². The first kappa shape index (κ1) is 15.7. The molecule has 2 amide bonds. The maximum absolute atomic E-state index is 12.6. The average Bonchev–Trinajstić information content (AvgIpc) is 3.22. The third-order valence-electron chi connectivity index (χ3n) is 4.92. The molecule has 4 atom stereocenters. The molecule has 7 heteroatoms. The Kier molecular flexibility index (Phi) is 3.75. The number of methoxy groups -OCH3 is 1. The molecule has 2 aliphatic heterocycles. The summed E-state index contributed by atoms with van der Waals surface area (Å²) in [6.07, 6.45) is 2.58. The fraction of sp³-hybridized carbons (Fsp3) is 0.562. The normalized spacial score (nSPS) is 33.2. The molecule has 0 aliphatic carbocycles. The number of likely N-dealkylation sites (tertiary alicyclic amines) is 1. The van der Waals surface area contributed by atoms with E-state index in [2.05, 4.69) is 5.32 Å². The van der Waals surface area contributed by atoms with Gasteiger partial charge in [0, 0.05) is 7.05 Å². The van der Waals surface area contributed by atoms with Gasteiger partial charge in [-0.1, -0.05) is 13.3 Å². The van der Waals surface area contributed by atoms with Gasteiger partial charge in [-0.25, -0.2) is 0 Å². The molecule has 7 nitrogen and oxygen atoms in total. The number of hydrogen-bond acceptors (Lipinski definition) is 6. The van der Waals surface area contributed by atoms with E-state index in [0.717, 1.165) is 4.90 Å². The first-order chi connectivity index (χ1) is 11.0. The van der Waals surface area contributed by atoms with Gasteiger partial charge in [-0.15, -0.1) is 0 Å². The Morgan fingerprint density at radius 2 is 2.17 bits per heavy atom. The van der Waals surface area contributed by atoms with Crippen molar-refractivity contribution in [2.75, 3.05) is 14.2 Å². The van der Waals surface area contributed by atoms with Crippen molar-refractivity contribution in [3.05, 3.63) is 24.2 Å². The highest BCUT2D eigenvalue weighted by atomic mass is 16.5. The molecule has 0 unspecified atom stereocenters. The largest absolute Gasteiger partial charge is 0.468 e. The lowest BCUT2D eigenvalue weighted by Crippen LogP contribution is -2.55. The van der Waals surface area contributed by atoms with Crippen LogP contribution in [0.2, 0.25) is 0 Å². The number of hydrogen-bond donors (Lipinski definition) is 1. The smallest absolute Gasteiger partial charge is 0.326 e. The number of esters is 1. The van der Waals surface area contributed by atoms with E-state index in [0.29, 0.717) is 18.6 Å². The number of imide groups is 1. The lowest BCUT2D eigenvalue weighted by atomic mass is 9.77. The van der Waals surface area contributed by atoms with Crippen LogP contribution in [-0.4, -0.2) is 42.4 Å². The summed E-state index contributed by atoms with van der Waals surface area (Å²) in [4.78, 5) is 38.9. The number of carbonyl (C=O) groups is 3. The topological polar surface area (TPSA) is 88.8 Å². The Morgan fingerprint density at radius 3 is 2.74 bits per heavy atom. The summed E-state index contributed by atoms with van der Waals surface area (Å²) in [6.45, 7) is 1.92. The van der Waals surface area contributed by atoms with E-state index in [9.17, 15) is 14.4 Å². The van der Waals surface area contributed by atoms with Crippen molar-refractivity contribution < 1.29 is 23.5 Å². The minimum Gasteiger partial charge on any atom is -0.468 e. The van der Waals surface area contributed by atoms with Crippen LogP contribution in [-0.2, 0) is 19.1 Å². The Morgan fingerprint density at radius 1 is 1.43 bits per heavy atom. The van der Waals surface area contributed by atoms with Gasteiger partial charge >= 0.3 is 5.97 Å². The van der Waals surface area contributed by atoms with Gasteiger partial charge in [0.05, 0.1) is 31.3 Å². The van der Waals surface area contributed by atoms with E-state index >= 15 is 0 Å². The van der Waals surface area contributed by atoms with Gasteiger partial charge < -0.3 is 9.15 Å². The molecule has 1 aromatic heterocycles. The highest BCUT2D eigenvalue weighted by molar-refractivity contribution is 6.09. The van der Waals surface area contributed by atoms with Crippen molar-refractivity contribution in [2.24, 2.45) is 11.8 Å². The molecule has 23 heavy (non-hydrogen) atoms. The molecule has 1 N–H and O–H groups in total. The van der Waals surface area contributed by atoms with Gasteiger partial charge in [0.25, 0.3) is 0 Å². The number of amides is 2. The molecule has 2 fully saturated rings. The molecular formula is C16H20N2O5. The Balaban J connectivity index is 2.13. The van der Waals surface area contributed by atoms with E-state index in [4.69, 9.17) is 9.15 Å². The van der Waals surface area contributed by atoms with Gasteiger partial charge in [0.2, 0.25) is 11.8 Å². The second-order valence-corrected chi connectivity index (χ2v) is 6.09. The lowest BCUT2D eigenvalue weighted by molar-refractivity contribution is -0.154. The minimum absolute atomic E-state index is 0.296. The van der Waals surface area contributed by atoms with Crippen molar-refractivity contribution in [1.29, 1.82) is 0 Å². The number of nitrogens with one attached hydrogen (secondary N) is 1.